The Hall–Kier alpha value is -1.37. The van der Waals surface area contributed by atoms with Crippen LogP contribution in [-0.4, -0.2) is 21.6 Å². The van der Waals surface area contributed by atoms with Crippen molar-refractivity contribution in [2.45, 2.75) is 23.8 Å². The minimum Gasteiger partial charge on any atom is -0.276 e. The van der Waals surface area contributed by atoms with Gasteiger partial charge in [0.15, 0.2) is 0 Å². The summed E-state index contributed by atoms with van der Waals surface area (Å²) in [5.41, 5.74) is 4.05. The maximum absolute atomic E-state index is 12.8. The quantitative estimate of drug-likeness (QED) is 0.466. The first-order valence-corrected chi connectivity index (χ1v) is 7.48. The van der Waals surface area contributed by atoms with E-state index in [1.54, 1.807) is 28.6 Å². The van der Waals surface area contributed by atoms with Crippen LogP contribution in [0.5, 0.6) is 0 Å². The van der Waals surface area contributed by atoms with Crippen LogP contribution in [0.2, 0.25) is 0 Å². The lowest BCUT2D eigenvalue weighted by Gasteiger charge is -2.14. The summed E-state index contributed by atoms with van der Waals surface area (Å²) in [5.74, 6) is 6.23. The van der Waals surface area contributed by atoms with Crippen LogP contribution < -0.4 is 11.3 Å². The molecule has 3 N–H and O–H groups in total. The third-order valence-corrected chi connectivity index (χ3v) is 4.21. The Balaban J connectivity index is 1.78. The van der Waals surface area contributed by atoms with Crippen LogP contribution >= 0.6 is 11.8 Å². The molecule has 1 unspecified atom stereocenters. The minimum absolute atomic E-state index is 0.209. The Labute approximate surface area is 122 Å². The maximum Gasteiger partial charge on any atom is 0.123 e. The molecule has 0 amide bonds. The molecule has 0 aliphatic heterocycles. The number of hydrazine groups is 1. The Morgan fingerprint density at radius 3 is 2.75 bits per heavy atom. The number of thioether (sulfide) groups is 1. The monoisotopic (exact) mass is 294 g/mol. The number of nitrogens with zero attached hydrogens (tertiary/aromatic N) is 2. The van der Waals surface area contributed by atoms with Gasteiger partial charge in [-0.1, -0.05) is 0 Å². The lowest BCUT2D eigenvalue weighted by atomic mass is 10.1. The zero-order chi connectivity index (χ0) is 14.4. The summed E-state index contributed by atoms with van der Waals surface area (Å²) in [4.78, 5) is 1.05. The summed E-state index contributed by atoms with van der Waals surface area (Å²) in [6.45, 7) is 0. The molecule has 1 aromatic heterocycles. The van der Waals surface area contributed by atoms with Crippen LogP contribution in [-0.2, 0) is 13.5 Å². The van der Waals surface area contributed by atoms with Gasteiger partial charge in [0.05, 0.1) is 6.20 Å². The van der Waals surface area contributed by atoms with Crippen LogP contribution in [0.25, 0.3) is 0 Å². The summed E-state index contributed by atoms with van der Waals surface area (Å²) in [5, 5.41) is 4.15. The Kier molecular flexibility index (Phi) is 5.58. The smallest absolute Gasteiger partial charge is 0.123 e. The van der Waals surface area contributed by atoms with Crippen molar-refractivity contribution >= 4 is 11.8 Å². The molecule has 108 valence electrons. The van der Waals surface area contributed by atoms with Crippen molar-refractivity contribution < 1.29 is 4.39 Å². The zero-order valence-corrected chi connectivity index (χ0v) is 12.2. The topological polar surface area (TPSA) is 55.9 Å². The van der Waals surface area contributed by atoms with E-state index in [9.17, 15) is 4.39 Å². The second kappa shape index (κ2) is 7.42. The molecule has 6 heteroatoms. The van der Waals surface area contributed by atoms with Crippen LogP contribution in [0.3, 0.4) is 0 Å². The normalized spacial score (nSPS) is 12.6. The average Bonchev–Trinajstić information content (AvgIpc) is 2.87. The maximum atomic E-state index is 12.8. The molecule has 0 saturated heterocycles. The van der Waals surface area contributed by atoms with E-state index in [4.69, 9.17) is 5.84 Å². The van der Waals surface area contributed by atoms with Crippen molar-refractivity contribution in [1.82, 2.24) is 15.2 Å². The van der Waals surface area contributed by atoms with E-state index < -0.39 is 0 Å². The van der Waals surface area contributed by atoms with E-state index in [-0.39, 0.29) is 11.9 Å². The van der Waals surface area contributed by atoms with E-state index in [1.165, 1.54) is 17.7 Å². The number of hydrogen-bond donors (Lipinski definition) is 2. The van der Waals surface area contributed by atoms with Gasteiger partial charge in [0.2, 0.25) is 0 Å². The van der Waals surface area contributed by atoms with Crippen LogP contribution in [0.1, 0.15) is 12.0 Å². The highest BCUT2D eigenvalue weighted by Crippen LogP contribution is 2.20. The highest BCUT2D eigenvalue weighted by Gasteiger charge is 2.08. The fourth-order valence-electron chi connectivity index (χ4n) is 1.88. The van der Waals surface area contributed by atoms with Gasteiger partial charge in [-0.15, -0.1) is 11.8 Å². The molecule has 2 aromatic rings. The lowest BCUT2D eigenvalue weighted by Crippen LogP contribution is -2.37. The molecule has 0 fully saturated rings. The van der Waals surface area contributed by atoms with Crippen molar-refractivity contribution in [1.29, 1.82) is 0 Å². The lowest BCUT2D eigenvalue weighted by molar-refractivity contribution is 0.539. The first-order valence-electron chi connectivity index (χ1n) is 6.49. The summed E-state index contributed by atoms with van der Waals surface area (Å²) in [6, 6.07) is 6.74. The van der Waals surface area contributed by atoms with Gasteiger partial charge in [-0.2, -0.15) is 5.10 Å². The van der Waals surface area contributed by atoms with Crippen LogP contribution in [0, 0.1) is 5.82 Å². The number of hydrogen-bond acceptors (Lipinski definition) is 4. The third-order valence-electron chi connectivity index (χ3n) is 3.04. The van der Waals surface area contributed by atoms with Gasteiger partial charge in [-0.05, 0) is 42.7 Å². The summed E-state index contributed by atoms with van der Waals surface area (Å²) < 4.78 is 14.6. The largest absolute Gasteiger partial charge is 0.276 e. The van der Waals surface area contributed by atoms with Crippen molar-refractivity contribution in [2.75, 3.05) is 5.75 Å². The van der Waals surface area contributed by atoms with Crippen LogP contribution in [0.4, 0.5) is 4.39 Å². The predicted molar refractivity (Wildman–Crippen MR) is 79.8 cm³/mol. The molecular weight excluding hydrogens is 275 g/mol. The molecule has 2 rings (SSSR count). The summed E-state index contributed by atoms with van der Waals surface area (Å²) in [6.07, 6.45) is 5.77. The van der Waals surface area contributed by atoms with Crippen molar-refractivity contribution in [3.63, 3.8) is 0 Å². The second-order valence-corrected chi connectivity index (χ2v) is 5.78. The van der Waals surface area contributed by atoms with E-state index in [0.29, 0.717) is 0 Å². The van der Waals surface area contributed by atoms with E-state index >= 15 is 0 Å². The second-order valence-electron chi connectivity index (χ2n) is 4.69. The van der Waals surface area contributed by atoms with Crippen molar-refractivity contribution in [2.24, 2.45) is 12.9 Å². The third kappa shape index (κ3) is 4.63. The molecule has 0 spiro atoms. The van der Waals surface area contributed by atoms with Gasteiger partial charge in [0, 0.05) is 29.9 Å². The number of halogens is 1. The molecule has 4 nitrogen and oxygen atoms in total. The highest BCUT2D eigenvalue weighted by atomic mass is 32.2. The fraction of sp³-hybridized carbons (Fsp3) is 0.357. The van der Waals surface area contributed by atoms with E-state index in [0.717, 1.165) is 23.5 Å². The molecule has 1 heterocycles. The zero-order valence-electron chi connectivity index (χ0n) is 11.4. The van der Waals surface area contributed by atoms with Gasteiger partial charge in [0.1, 0.15) is 5.82 Å². The van der Waals surface area contributed by atoms with Gasteiger partial charge in [0.25, 0.3) is 0 Å². The molecule has 1 atom stereocenters. The number of nitrogens with one attached hydrogen (secondary N) is 1. The molecule has 0 aliphatic carbocycles. The molecule has 20 heavy (non-hydrogen) atoms. The Morgan fingerprint density at radius 2 is 2.15 bits per heavy atom. The highest BCUT2D eigenvalue weighted by molar-refractivity contribution is 7.99. The SMILES string of the molecule is Cn1cc(CCC(CSc2ccc(F)cc2)NN)cn1. The first kappa shape index (κ1) is 15.0. The Morgan fingerprint density at radius 1 is 1.40 bits per heavy atom. The molecule has 0 saturated carbocycles. The summed E-state index contributed by atoms with van der Waals surface area (Å²) >= 11 is 1.67. The standard InChI is InChI=1S/C14H19FN4S/c1-19-9-11(8-17-19)2-5-13(18-16)10-20-14-6-3-12(15)4-7-14/h3-4,6-9,13,18H,2,5,10,16H2,1H3. The van der Waals surface area contributed by atoms with Crippen molar-refractivity contribution in [3.05, 3.63) is 48.0 Å². The minimum atomic E-state index is -0.209. The first-order chi connectivity index (χ1) is 9.67. The van der Waals surface area contributed by atoms with E-state index in [1.807, 2.05) is 19.4 Å². The fourth-order valence-corrected chi connectivity index (χ4v) is 2.87. The number of aromatic nitrogens is 2. The summed E-state index contributed by atoms with van der Waals surface area (Å²) in [7, 11) is 1.91. The van der Waals surface area contributed by atoms with E-state index in [2.05, 4.69) is 10.5 Å². The number of rotatable bonds is 7. The van der Waals surface area contributed by atoms with Gasteiger partial charge >= 0.3 is 0 Å². The number of benzene rings is 1. The van der Waals surface area contributed by atoms with Gasteiger partial charge in [-0.25, -0.2) is 4.39 Å². The van der Waals surface area contributed by atoms with Crippen molar-refractivity contribution in [3.8, 4) is 0 Å². The molecule has 0 radical (unpaired) electrons. The van der Waals surface area contributed by atoms with Gasteiger partial charge in [-0.3, -0.25) is 16.0 Å². The molecule has 1 aromatic carbocycles. The molecular formula is C14H19FN4S. The number of aryl methyl sites for hydroxylation is 2. The average molecular weight is 294 g/mol. The van der Waals surface area contributed by atoms with Gasteiger partial charge < -0.3 is 0 Å². The molecule has 0 aliphatic rings. The molecule has 0 bridgehead atoms. The predicted octanol–water partition coefficient (Wildman–Crippen LogP) is 2.12. The van der Waals surface area contributed by atoms with Crippen LogP contribution in [0.15, 0.2) is 41.6 Å². The Bertz CT molecular complexity index is 526. The number of nitrogens with two attached hydrogens (primary N) is 1.